The molecule has 0 aliphatic heterocycles. The van der Waals surface area contributed by atoms with Crippen molar-refractivity contribution >= 4 is 27.9 Å². The van der Waals surface area contributed by atoms with E-state index in [1.54, 1.807) is 6.07 Å². The number of hydrogen-bond acceptors (Lipinski definition) is 2. The van der Waals surface area contributed by atoms with Crippen LogP contribution in [0.5, 0.6) is 0 Å². The summed E-state index contributed by atoms with van der Waals surface area (Å²) in [5, 5.41) is 11.5. The molecule has 1 N–H and O–H groups in total. The zero-order valence-corrected chi connectivity index (χ0v) is 13.3. The largest absolute Gasteiger partial charge is 0.333 e. The maximum absolute atomic E-state index is 13.7. The molecule has 0 saturated heterocycles. The van der Waals surface area contributed by atoms with E-state index >= 15 is 0 Å². The summed E-state index contributed by atoms with van der Waals surface area (Å²) in [5.74, 6) is -1.69. The Hall–Kier alpha value is -2.52. The molecule has 116 valence electrons. The smallest absolute Gasteiger partial charge is 0.245 e. The van der Waals surface area contributed by atoms with E-state index in [1.807, 2.05) is 6.07 Å². The van der Waals surface area contributed by atoms with Crippen molar-refractivity contribution < 1.29 is 13.6 Å². The van der Waals surface area contributed by atoms with Gasteiger partial charge in [0.1, 0.15) is 17.7 Å². The number of rotatable bonds is 4. The molecule has 0 radical (unpaired) electrons. The van der Waals surface area contributed by atoms with Crippen LogP contribution in [0.3, 0.4) is 0 Å². The second-order valence-corrected chi connectivity index (χ2v) is 5.51. The molecule has 2 aromatic carbocycles. The fraction of sp³-hybridized carbons (Fsp3) is 0.0588. The van der Waals surface area contributed by atoms with Crippen LogP contribution in [0.4, 0.5) is 8.78 Å². The van der Waals surface area contributed by atoms with Crippen LogP contribution in [-0.4, -0.2) is 5.91 Å². The number of nitriles is 1. The Bertz CT molecular complexity index is 799. The molecule has 23 heavy (non-hydrogen) atoms. The molecule has 0 spiro atoms. The van der Waals surface area contributed by atoms with Crippen LogP contribution in [0.25, 0.3) is 6.08 Å². The quantitative estimate of drug-likeness (QED) is 0.815. The molecule has 1 unspecified atom stereocenters. The standard InChI is InChI=1S/C17H11BrF2N2O/c18-12-6-7-14(19)11(9-12)5-8-17(23)22-16(10-21)13-3-1-2-4-15(13)20/h1-9,16H,(H,22,23)/b8-5+. The topological polar surface area (TPSA) is 52.9 Å². The molecule has 6 heteroatoms. The number of carbonyl (C=O) groups excluding carboxylic acids is 1. The predicted octanol–water partition coefficient (Wildman–Crippen LogP) is 4.12. The van der Waals surface area contributed by atoms with E-state index in [-0.39, 0.29) is 11.1 Å². The second kappa shape index (κ2) is 7.65. The van der Waals surface area contributed by atoms with E-state index in [4.69, 9.17) is 5.26 Å². The zero-order valence-electron chi connectivity index (χ0n) is 11.8. The molecule has 0 heterocycles. The summed E-state index contributed by atoms with van der Waals surface area (Å²) in [5.41, 5.74) is 0.291. The van der Waals surface area contributed by atoms with E-state index in [9.17, 15) is 13.6 Å². The summed E-state index contributed by atoms with van der Waals surface area (Å²) in [6, 6.07) is 10.7. The average molecular weight is 377 g/mol. The molecule has 0 fully saturated rings. The lowest BCUT2D eigenvalue weighted by Crippen LogP contribution is -2.26. The lowest BCUT2D eigenvalue weighted by Gasteiger charge is -2.11. The van der Waals surface area contributed by atoms with Gasteiger partial charge in [0.05, 0.1) is 6.07 Å². The summed E-state index contributed by atoms with van der Waals surface area (Å²) in [6.07, 6.45) is 2.38. The summed E-state index contributed by atoms with van der Waals surface area (Å²) in [7, 11) is 0. The van der Waals surface area contributed by atoms with Crippen LogP contribution in [-0.2, 0) is 4.79 Å². The summed E-state index contributed by atoms with van der Waals surface area (Å²) in [4.78, 5) is 11.9. The molecular formula is C17H11BrF2N2O. The first-order valence-electron chi connectivity index (χ1n) is 6.59. The molecular weight excluding hydrogens is 366 g/mol. The van der Waals surface area contributed by atoms with Crippen molar-refractivity contribution in [1.29, 1.82) is 5.26 Å². The highest BCUT2D eigenvalue weighted by atomic mass is 79.9. The third-order valence-corrected chi connectivity index (χ3v) is 3.50. The molecule has 0 aliphatic carbocycles. The van der Waals surface area contributed by atoms with E-state index < -0.39 is 23.6 Å². The van der Waals surface area contributed by atoms with Crippen LogP contribution in [0.1, 0.15) is 17.2 Å². The Morgan fingerprint density at radius 2 is 1.96 bits per heavy atom. The minimum atomic E-state index is -1.12. The van der Waals surface area contributed by atoms with Crippen molar-refractivity contribution in [3.63, 3.8) is 0 Å². The monoisotopic (exact) mass is 376 g/mol. The van der Waals surface area contributed by atoms with Crippen LogP contribution < -0.4 is 5.32 Å². The number of halogens is 3. The highest BCUT2D eigenvalue weighted by Gasteiger charge is 2.16. The van der Waals surface area contributed by atoms with Gasteiger partial charge in [-0.3, -0.25) is 4.79 Å². The first-order valence-corrected chi connectivity index (χ1v) is 7.38. The Balaban J connectivity index is 2.12. The Labute approximate surface area is 140 Å². The van der Waals surface area contributed by atoms with Crippen LogP contribution in [0, 0.1) is 23.0 Å². The third kappa shape index (κ3) is 4.47. The van der Waals surface area contributed by atoms with Gasteiger partial charge in [0.2, 0.25) is 5.91 Å². The van der Waals surface area contributed by atoms with E-state index in [1.165, 1.54) is 42.5 Å². The number of hydrogen-bond donors (Lipinski definition) is 1. The molecule has 0 bridgehead atoms. The number of carbonyl (C=O) groups is 1. The summed E-state index contributed by atoms with van der Waals surface area (Å²) >= 11 is 3.21. The molecule has 0 aliphatic rings. The van der Waals surface area contributed by atoms with Gasteiger partial charge in [0.15, 0.2) is 0 Å². The minimum Gasteiger partial charge on any atom is -0.333 e. The van der Waals surface area contributed by atoms with Crippen molar-refractivity contribution in [3.8, 4) is 6.07 Å². The number of nitrogens with zero attached hydrogens (tertiary/aromatic N) is 1. The number of nitrogens with one attached hydrogen (secondary N) is 1. The average Bonchev–Trinajstić information content (AvgIpc) is 2.54. The molecule has 2 rings (SSSR count). The number of amides is 1. The molecule has 1 amide bonds. The second-order valence-electron chi connectivity index (χ2n) is 4.59. The van der Waals surface area contributed by atoms with Crippen molar-refractivity contribution in [1.82, 2.24) is 5.32 Å². The summed E-state index contributed by atoms with van der Waals surface area (Å²) < 4.78 is 27.9. The summed E-state index contributed by atoms with van der Waals surface area (Å²) in [6.45, 7) is 0. The van der Waals surface area contributed by atoms with E-state index in [0.717, 1.165) is 6.08 Å². The first kappa shape index (κ1) is 16.8. The van der Waals surface area contributed by atoms with Gasteiger partial charge in [-0.25, -0.2) is 8.78 Å². The SMILES string of the molecule is N#CC(NC(=O)/C=C/c1cc(Br)ccc1F)c1ccccc1F. The predicted molar refractivity (Wildman–Crippen MR) is 86.0 cm³/mol. The minimum absolute atomic E-state index is 0.0744. The molecule has 1 atom stereocenters. The van der Waals surface area contributed by atoms with Crippen LogP contribution in [0.2, 0.25) is 0 Å². The van der Waals surface area contributed by atoms with Crippen LogP contribution >= 0.6 is 15.9 Å². The Kier molecular flexibility index (Phi) is 5.61. The fourth-order valence-electron chi connectivity index (χ4n) is 1.89. The molecule has 2 aromatic rings. The van der Waals surface area contributed by atoms with Crippen molar-refractivity contribution in [2.75, 3.05) is 0 Å². The van der Waals surface area contributed by atoms with Gasteiger partial charge >= 0.3 is 0 Å². The zero-order chi connectivity index (χ0) is 16.8. The van der Waals surface area contributed by atoms with Gasteiger partial charge in [-0.2, -0.15) is 5.26 Å². The van der Waals surface area contributed by atoms with Crippen molar-refractivity contribution in [2.24, 2.45) is 0 Å². The van der Waals surface area contributed by atoms with Crippen LogP contribution in [0.15, 0.2) is 53.0 Å². The number of benzene rings is 2. The van der Waals surface area contributed by atoms with Gasteiger partial charge in [-0.1, -0.05) is 34.1 Å². The van der Waals surface area contributed by atoms with E-state index in [0.29, 0.717) is 4.47 Å². The van der Waals surface area contributed by atoms with Gasteiger partial charge in [0, 0.05) is 21.7 Å². The van der Waals surface area contributed by atoms with Crippen molar-refractivity contribution in [2.45, 2.75) is 6.04 Å². The lowest BCUT2D eigenvalue weighted by atomic mass is 10.1. The van der Waals surface area contributed by atoms with Gasteiger partial charge < -0.3 is 5.32 Å². The molecule has 3 nitrogen and oxygen atoms in total. The molecule has 0 saturated carbocycles. The third-order valence-electron chi connectivity index (χ3n) is 3.00. The Morgan fingerprint density at radius 3 is 2.65 bits per heavy atom. The highest BCUT2D eigenvalue weighted by Crippen LogP contribution is 2.18. The van der Waals surface area contributed by atoms with Gasteiger partial charge in [0.25, 0.3) is 0 Å². The van der Waals surface area contributed by atoms with E-state index in [2.05, 4.69) is 21.2 Å². The molecule has 0 aromatic heterocycles. The highest BCUT2D eigenvalue weighted by molar-refractivity contribution is 9.10. The maximum Gasteiger partial charge on any atom is 0.245 e. The maximum atomic E-state index is 13.7. The lowest BCUT2D eigenvalue weighted by molar-refractivity contribution is -0.116. The van der Waals surface area contributed by atoms with Crippen molar-refractivity contribution in [3.05, 3.63) is 75.8 Å². The first-order chi connectivity index (χ1) is 11.0. The normalized spacial score (nSPS) is 11.9. The van der Waals surface area contributed by atoms with Gasteiger partial charge in [-0.05, 0) is 30.3 Å². The Morgan fingerprint density at radius 1 is 1.22 bits per heavy atom. The fourth-order valence-corrected chi connectivity index (χ4v) is 2.27. The van der Waals surface area contributed by atoms with Gasteiger partial charge in [-0.15, -0.1) is 0 Å².